The average Bonchev–Trinajstić information content (AvgIpc) is 2.46. The van der Waals surface area contributed by atoms with Gasteiger partial charge < -0.3 is 5.32 Å². The number of rotatable bonds is 3. The molecule has 0 unspecified atom stereocenters. The Morgan fingerprint density at radius 2 is 1.74 bits per heavy atom. The van der Waals surface area contributed by atoms with E-state index >= 15 is 0 Å². The highest BCUT2D eigenvalue weighted by atomic mass is 79.9. The van der Waals surface area contributed by atoms with E-state index in [1.165, 1.54) is 0 Å². The molecule has 0 fully saturated rings. The molecule has 3 nitrogen and oxygen atoms in total. The second kappa shape index (κ2) is 6.17. The van der Waals surface area contributed by atoms with Crippen LogP contribution in [0.4, 0.5) is 0 Å². The molecular formula is C15H11BrN2O. The summed E-state index contributed by atoms with van der Waals surface area (Å²) in [5.41, 5.74) is 2.20. The number of nitrogens with one attached hydrogen (secondary N) is 1. The van der Waals surface area contributed by atoms with Gasteiger partial charge in [0, 0.05) is 16.6 Å². The fourth-order valence-corrected chi connectivity index (χ4v) is 1.85. The predicted octanol–water partition coefficient (Wildman–Crippen LogP) is 3.25. The molecule has 0 aliphatic carbocycles. The molecule has 4 heteroatoms. The lowest BCUT2D eigenvalue weighted by molar-refractivity contribution is 0.0951. The van der Waals surface area contributed by atoms with Gasteiger partial charge in [0.05, 0.1) is 11.6 Å². The van der Waals surface area contributed by atoms with Crippen LogP contribution in [-0.4, -0.2) is 5.91 Å². The first-order valence-corrected chi connectivity index (χ1v) is 6.51. The number of carbonyl (C=O) groups is 1. The summed E-state index contributed by atoms with van der Waals surface area (Å²) in [5.74, 6) is -0.114. The molecule has 2 rings (SSSR count). The lowest BCUT2D eigenvalue weighted by Crippen LogP contribution is -2.22. The summed E-state index contributed by atoms with van der Waals surface area (Å²) in [6.07, 6.45) is 0. The van der Waals surface area contributed by atoms with E-state index < -0.39 is 0 Å². The number of benzene rings is 2. The Labute approximate surface area is 120 Å². The summed E-state index contributed by atoms with van der Waals surface area (Å²) in [6.45, 7) is 0.445. The highest BCUT2D eigenvalue weighted by Gasteiger charge is 2.04. The van der Waals surface area contributed by atoms with Gasteiger partial charge in [0.1, 0.15) is 0 Å². The van der Waals surface area contributed by atoms with Gasteiger partial charge in [-0.2, -0.15) is 5.26 Å². The molecule has 0 bridgehead atoms. The summed E-state index contributed by atoms with van der Waals surface area (Å²) in [6, 6.07) is 16.4. The minimum absolute atomic E-state index is 0.114. The fourth-order valence-electron chi connectivity index (χ4n) is 1.58. The topological polar surface area (TPSA) is 52.9 Å². The molecule has 0 radical (unpaired) electrons. The van der Waals surface area contributed by atoms with Crippen molar-refractivity contribution in [3.63, 3.8) is 0 Å². The number of halogens is 1. The molecule has 0 aliphatic rings. The van der Waals surface area contributed by atoms with E-state index in [1.807, 2.05) is 24.3 Å². The predicted molar refractivity (Wildman–Crippen MR) is 76.5 cm³/mol. The molecule has 94 valence electrons. The summed E-state index contributed by atoms with van der Waals surface area (Å²) in [5, 5.41) is 11.5. The van der Waals surface area contributed by atoms with Gasteiger partial charge in [-0.1, -0.05) is 28.1 Å². The molecule has 0 heterocycles. The van der Waals surface area contributed by atoms with Crippen molar-refractivity contribution in [3.8, 4) is 6.07 Å². The molecule has 2 aromatic rings. The lowest BCUT2D eigenvalue weighted by atomic mass is 10.1. The number of hydrogen-bond acceptors (Lipinski definition) is 2. The van der Waals surface area contributed by atoms with Crippen molar-refractivity contribution in [2.45, 2.75) is 6.54 Å². The summed E-state index contributed by atoms with van der Waals surface area (Å²) in [7, 11) is 0. The molecule has 2 aromatic carbocycles. The van der Waals surface area contributed by atoms with Crippen LogP contribution in [0.2, 0.25) is 0 Å². The van der Waals surface area contributed by atoms with Crippen molar-refractivity contribution >= 4 is 21.8 Å². The van der Waals surface area contributed by atoms with Crippen molar-refractivity contribution < 1.29 is 4.79 Å². The van der Waals surface area contributed by atoms with E-state index in [0.717, 1.165) is 10.0 Å². The van der Waals surface area contributed by atoms with Gasteiger partial charge in [-0.15, -0.1) is 0 Å². The van der Waals surface area contributed by atoms with Crippen LogP contribution in [0.1, 0.15) is 21.5 Å². The maximum atomic E-state index is 11.9. The Morgan fingerprint density at radius 3 is 2.32 bits per heavy atom. The SMILES string of the molecule is N#Cc1ccc(CNC(=O)c2ccc(Br)cc2)cc1. The third-order valence-electron chi connectivity index (χ3n) is 2.64. The van der Waals surface area contributed by atoms with Crippen LogP contribution < -0.4 is 5.32 Å². The van der Waals surface area contributed by atoms with E-state index in [4.69, 9.17) is 5.26 Å². The summed E-state index contributed by atoms with van der Waals surface area (Å²) in [4.78, 5) is 11.9. The Bertz CT molecular complexity index is 612. The van der Waals surface area contributed by atoms with Crippen molar-refractivity contribution in [1.82, 2.24) is 5.32 Å². The zero-order chi connectivity index (χ0) is 13.7. The highest BCUT2D eigenvalue weighted by molar-refractivity contribution is 9.10. The fraction of sp³-hybridized carbons (Fsp3) is 0.0667. The van der Waals surface area contributed by atoms with E-state index in [9.17, 15) is 4.79 Å². The minimum atomic E-state index is -0.114. The lowest BCUT2D eigenvalue weighted by Gasteiger charge is -2.05. The maximum Gasteiger partial charge on any atom is 0.251 e. The third kappa shape index (κ3) is 3.67. The largest absolute Gasteiger partial charge is 0.348 e. The Kier molecular flexibility index (Phi) is 4.32. The van der Waals surface area contributed by atoms with Gasteiger partial charge >= 0.3 is 0 Å². The summed E-state index contributed by atoms with van der Waals surface area (Å²) >= 11 is 3.33. The quantitative estimate of drug-likeness (QED) is 0.945. The molecule has 19 heavy (non-hydrogen) atoms. The monoisotopic (exact) mass is 314 g/mol. The second-order valence-corrected chi connectivity index (χ2v) is 4.91. The highest BCUT2D eigenvalue weighted by Crippen LogP contribution is 2.10. The second-order valence-electron chi connectivity index (χ2n) is 4.00. The van der Waals surface area contributed by atoms with E-state index in [1.54, 1.807) is 24.3 Å². The Hall–Kier alpha value is -2.12. The van der Waals surface area contributed by atoms with Crippen molar-refractivity contribution in [1.29, 1.82) is 5.26 Å². The van der Waals surface area contributed by atoms with Crippen LogP contribution in [0.3, 0.4) is 0 Å². The molecule has 1 N–H and O–H groups in total. The van der Waals surface area contributed by atoms with Gasteiger partial charge in [-0.25, -0.2) is 0 Å². The maximum absolute atomic E-state index is 11.9. The molecule has 0 aliphatic heterocycles. The van der Waals surface area contributed by atoms with E-state index in [-0.39, 0.29) is 5.91 Å². The zero-order valence-corrected chi connectivity index (χ0v) is 11.6. The molecule has 1 amide bonds. The smallest absolute Gasteiger partial charge is 0.251 e. The third-order valence-corrected chi connectivity index (χ3v) is 3.17. The molecule has 0 aromatic heterocycles. The number of nitriles is 1. The van der Waals surface area contributed by atoms with Gasteiger partial charge in [-0.3, -0.25) is 4.79 Å². The van der Waals surface area contributed by atoms with Crippen molar-refractivity contribution in [3.05, 3.63) is 69.7 Å². The van der Waals surface area contributed by atoms with Crippen LogP contribution in [0.25, 0.3) is 0 Å². The van der Waals surface area contributed by atoms with Crippen LogP contribution >= 0.6 is 15.9 Å². The first-order valence-electron chi connectivity index (χ1n) is 5.72. The normalized spacial score (nSPS) is 9.68. The van der Waals surface area contributed by atoms with Gasteiger partial charge in [-0.05, 0) is 42.0 Å². The van der Waals surface area contributed by atoms with Crippen LogP contribution in [-0.2, 0) is 6.54 Å². The first kappa shape index (κ1) is 13.3. The van der Waals surface area contributed by atoms with Gasteiger partial charge in [0.25, 0.3) is 5.91 Å². The van der Waals surface area contributed by atoms with Crippen LogP contribution in [0.5, 0.6) is 0 Å². The Morgan fingerprint density at radius 1 is 1.11 bits per heavy atom. The number of nitrogens with zero attached hydrogens (tertiary/aromatic N) is 1. The standard InChI is InChI=1S/C15H11BrN2O/c16-14-7-5-13(6-8-14)15(19)18-10-12-3-1-11(9-17)2-4-12/h1-8H,10H2,(H,18,19). The Balaban J connectivity index is 1.96. The van der Waals surface area contributed by atoms with Crippen LogP contribution in [0.15, 0.2) is 53.0 Å². The molecule has 0 saturated heterocycles. The number of carbonyl (C=O) groups excluding carboxylic acids is 1. The molecule has 0 saturated carbocycles. The minimum Gasteiger partial charge on any atom is -0.348 e. The van der Waals surface area contributed by atoms with E-state index in [0.29, 0.717) is 17.7 Å². The van der Waals surface area contributed by atoms with Gasteiger partial charge in [0.2, 0.25) is 0 Å². The molecular weight excluding hydrogens is 304 g/mol. The van der Waals surface area contributed by atoms with Crippen molar-refractivity contribution in [2.75, 3.05) is 0 Å². The van der Waals surface area contributed by atoms with Crippen molar-refractivity contribution in [2.24, 2.45) is 0 Å². The first-order chi connectivity index (χ1) is 9.19. The molecule has 0 atom stereocenters. The zero-order valence-electron chi connectivity index (χ0n) is 10.1. The summed E-state index contributed by atoms with van der Waals surface area (Å²) < 4.78 is 0.941. The average molecular weight is 315 g/mol. The van der Waals surface area contributed by atoms with E-state index in [2.05, 4.69) is 27.3 Å². The number of amides is 1. The number of hydrogen-bond donors (Lipinski definition) is 1. The van der Waals surface area contributed by atoms with Crippen LogP contribution in [0, 0.1) is 11.3 Å². The molecule has 0 spiro atoms. The van der Waals surface area contributed by atoms with Gasteiger partial charge in [0.15, 0.2) is 0 Å².